The molecule has 7 nitrogen and oxygen atoms in total. The first-order valence-electron chi connectivity index (χ1n) is 13.8. The van der Waals surface area contributed by atoms with E-state index < -0.39 is 0 Å². The summed E-state index contributed by atoms with van der Waals surface area (Å²) in [5, 5.41) is 0.746. The number of carbonyl (C=O) groups excluding carboxylic acids is 1. The molecule has 1 unspecified atom stereocenters. The van der Waals surface area contributed by atoms with Crippen LogP contribution >= 0.6 is 23.2 Å². The lowest BCUT2D eigenvalue weighted by Crippen LogP contribution is -2.38. The fourth-order valence-corrected chi connectivity index (χ4v) is 6.28. The lowest BCUT2D eigenvalue weighted by molar-refractivity contribution is 0.0636. The van der Waals surface area contributed by atoms with Crippen molar-refractivity contribution in [3.63, 3.8) is 0 Å². The molecule has 4 aromatic rings. The molecule has 4 heterocycles. The number of pyridine rings is 1. The van der Waals surface area contributed by atoms with Crippen molar-refractivity contribution in [3.05, 3.63) is 81.2 Å². The number of aromatic nitrogens is 2. The summed E-state index contributed by atoms with van der Waals surface area (Å²) in [6.45, 7) is 5.51. The fourth-order valence-electron chi connectivity index (χ4n) is 5.90. The number of halogens is 3. The van der Waals surface area contributed by atoms with Gasteiger partial charge in [-0.3, -0.25) is 9.20 Å². The van der Waals surface area contributed by atoms with Crippen molar-refractivity contribution in [2.24, 2.45) is 0 Å². The van der Waals surface area contributed by atoms with Crippen LogP contribution in [0.3, 0.4) is 0 Å². The van der Waals surface area contributed by atoms with Crippen LogP contribution in [-0.2, 0) is 0 Å². The highest BCUT2D eigenvalue weighted by Crippen LogP contribution is 2.45. The van der Waals surface area contributed by atoms with Gasteiger partial charge in [0, 0.05) is 17.7 Å². The number of nitrogens with zero attached hydrogens (tertiary/aromatic N) is 4. The second-order valence-electron chi connectivity index (χ2n) is 10.5. The van der Waals surface area contributed by atoms with Crippen LogP contribution in [0.2, 0.25) is 10.0 Å². The summed E-state index contributed by atoms with van der Waals surface area (Å²) < 4.78 is 27.8. The Morgan fingerprint density at radius 3 is 2.73 bits per heavy atom. The average Bonchev–Trinajstić information content (AvgIpc) is 3.73. The predicted molar refractivity (Wildman–Crippen MR) is 158 cm³/mol. The number of rotatable bonds is 8. The Morgan fingerprint density at radius 1 is 1.17 bits per heavy atom. The maximum Gasteiger partial charge on any atom is 0.275 e. The number of fused-ring (bicyclic) bond motifs is 2. The minimum Gasteiger partial charge on any atom is -0.489 e. The van der Waals surface area contributed by atoms with Gasteiger partial charge in [-0.2, -0.15) is 0 Å². The number of hydrogen-bond donors (Lipinski definition) is 0. The Morgan fingerprint density at radius 2 is 1.98 bits per heavy atom. The van der Waals surface area contributed by atoms with Crippen molar-refractivity contribution in [2.75, 3.05) is 39.9 Å². The molecule has 2 aliphatic heterocycles. The molecule has 41 heavy (non-hydrogen) atoms. The van der Waals surface area contributed by atoms with Crippen molar-refractivity contribution in [2.45, 2.75) is 32.2 Å². The summed E-state index contributed by atoms with van der Waals surface area (Å²) in [7, 11) is 1.57. The Balaban J connectivity index is 1.46. The molecular weight excluding hydrogens is 566 g/mol. The fraction of sp³-hybridized carbons (Fsp3) is 0.355. The first-order chi connectivity index (χ1) is 19.9. The molecule has 1 atom stereocenters. The highest BCUT2D eigenvalue weighted by molar-refractivity contribution is 6.43. The Bertz CT molecular complexity index is 1620. The van der Waals surface area contributed by atoms with Gasteiger partial charge in [-0.15, -0.1) is 0 Å². The second kappa shape index (κ2) is 11.5. The van der Waals surface area contributed by atoms with Crippen LogP contribution in [0.1, 0.15) is 46.9 Å². The number of amides is 1. The third-order valence-electron chi connectivity index (χ3n) is 7.99. The van der Waals surface area contributed by atoms with Crippen LogP contribution < -0.4 is 9.47 Å². The standard InChI is InChI=1S/C31H31Cl2FN4O3/c1-19-17-20(9-12-23(19)34)29-28(35-25-7-5-8-26(40-2)38(25)29)31(39)37(16-6-15-36-13-3-4-14-36)24-18-41-30-21(24)10-11-22(32)27(30)33/h5,7-12,17,24H,3-4,6,13-16,18H2,1-2H3. The molecule has 2 aromatic heterocycles. The molecule has 2 aliphatic rings. The number of carbonyl (C=O) groups is 1. The van der Waals surface area contributed by atoms with Crippen LogP contribution in [0.25, 0.3) is 16.9 Å². The molecule has 1 saturated heterocycles. The van der Waals surface area contributed by atoms with E-state index in [1.165, 1.54) is 18.9 Å². The molecule has 0 radical (unpaired) electrons. The molecular formula is C31H31Cl2FN4O3. The lowest BCUT2D eigenvalue weighted by atomic mass is 10.0. The van der Waals surface area contributed by atoms with Gasteiger partial charge in [0.2, 0.25) is 0 Å². The number of likely N-dealkylation sites (tertiary alicyclic amines) is 1. The van der Waals surface area contributed by atoms with E-state index in [-0.39, 0.29) is 30.1 Å². The smallest absolute Gasteiger partial charge is 0.275 e. The van der Waals surface area contributed by atoms with Crippen LogP contribution in [0, 0.1) is 12.7 Å². The number of ether oxygens (including phenoxy) is 2. The molecule has 214 valence electrons. The van der Waals surface area contributed by atoms with E-state index in [1.807, 2.05) is 29.2 Å². The lowest BCUT2D eigenvalue weighted by Gasteiger charge is -2.29. The first kappa shape index (κ1) is 27.8. The summed E-state index contributed by atoms with van der Waals surface area (Å²) in [5.41, 5.74) is 3.31. The summed E-state index contributed by atoms with van der Waals surface area (Å²) in [5.74, 6) is 0.457. The van der Waals surface area contributed by atoms with Gasteiger partial charge in [0.1, 0.15) is 28.8 Å². The second-order valence-corrected chi connectivity index (χ2v) is 11.3. The van der Waals surface area contributed by atoms with E-state index in [0.29, 0.717) is 50.7 Å². The summed E-state index contributed by atoms with van der Waals surface area (Å²) in [4.78, 5) is 23.7. The zero-order valence-electron chi connectivity index (χ0n) is 23.0. The van der Waals surface area contributed by atoms with Crippen molar-refractivity contribution >= 4 is 34.8 Å². The van der Waals surface area contributed by atoms with Crippen LogP contribution in [-0.4, -0.2) is 65.0 Å². The Hall–Kier alpha value is -3.33. The van der Waals surface area contributed by atoms with Gasteiger partial charge in [0.05, 0.1) is 23.9 Å². The monoisotopic (exact) mass is 596 g/mol. The Labute approximate surface area is 248 Å². The van der Waals surface area contributed by atoms with Gasteiger partial charge in [0.25, 0.3) is 5.91 Å². The number of methoxy groups -OCH3 is 1. The van der Waals surface area contributed by atoms with Gasteiger partial charge >= 0.3 is 0 Å². The Kier molecular flexibility index (Phi) is 7.81. The van der Waals surface area contributed by atoms with E-state index >= 15 is 0 Å². The molecule has 0 aliphatic carbocycles. The largest absolute Gasteiger partial charge is 0.489 e. The predicted octanol–water partition coefficient (Wildman–Crippen LogP) is 6.83. The van der Waals surface area contributed by atoms with E-state index in [1.54, 1.807) is 36.6 Å². The van der Waals surface area contributed by atoms with Gasteiger partial charge < -0.3 is 19.3 Å². The molecule has 0 spiro atoms. The van der Waals surface area contributed by atoms with Gasteiger partial charge in [-0.1, -0.05) is 35.3 Å². The maximum atomic E-state index is 14.6. The van der Waals surface area contributed by atoms with Crippen LogP contribution in [0.4, 0.5) is 4.39 Å². The van der Waals surface area contributed by atoms with Crippen molar-refractivity contribution in [1.29, 1.82) is 0 Å². The van der Waals surface area contributed by atoms with Crippen molar-refractivity contribution < 1.29 is 18.7 Å². The number of hydrogen-bond acceptors (Lipinski definition) is 5. The van der Waals surface area contributed by atoms with E-state index in [0.717, 1.165) is 31.6 Å². The third kappa shape index (κ3) is 5.13. The van der Waals surface area contributed by atoms with E-state index in [9.17, 15) is 9.18 Å². The maximum absolute atomic E-state index is 14.6. The summed E-state index contributed by atoms with van der Waals surface area (Å²) >= 11 is 12.8. The third-order valence-corrected chi connectivity index (χ3v) is 8.77. The molecule has 0 saturated carbocycles. The highest BCUT2D eigenvalue weighted by Gasteiger charge is 2.37. The molecule has 10 heteroatoms. The minimum absolute atomic E-state index is 0.248. The number of aryl methyl sites for hydroxylation is 1. The topological polar surface area (TPSA) is 59.3 Å². The van der Waals surface area contributed by atoms with E-state index in [4.69, 9.17) is 37.7 Å². The quantitative estimate of drug-likeness (QED) is 0.223. The SMILES string of the molecule is COc1cccc2nc(C(=O)N(CCCN3CCCC3)C3COc4c3ccc(Cl)c4Cl)c(-c3ccc(F)c(C)c3)n12. The molecule has 0 N–H and O–H groups in total. The van der Waals surface area contributed by atoms with Crippen molar-refractivity contribution in [1.82, 2.24) is 19.2 Å². The number of imidazole rings is 1. The van der Waals surface area contributed by atoms with Gasteiger partial charge in [-0.25, -0.2) is 9.37 Å². The zero-order valence-corrected chi connectivity index (χ0v) is 24.5. The minimum atomic E-state index is -0.375. The normalized spacial score (nSPS) is 16.7. The zero-order chi connectivity index (χ0) is 28.7. The molecule has 0 bridgehead atoms. The number of benzene rings is 2. The van der Waals surface area contributed by atoms with Gasteiger partial charge in [0.15, 0.2) is 11.6 Å². The van der Waals surface area contributed by atoms with E-state index in [2.05, 4.69) is 4.90 Å². The summed E-state index contributed by atoms with van der Waals surface area (Å²) in [6.07, 6.45) is 3.20. The summed E-state index contributed by atoms with van der Waals surface area (Å²) in [6, 6.07) is 13.5. The van der Waals surface area contributed by atoms with Crippen LogP contribution in [0.15, 0.2) is 48.5 Å². The first-order valence-corrected chi connectivity index (χ1v) is 14.6. The van der Waals surface area contributed by atoms with Crippen LogP contribution in [0.5, 0.6) is 11.6 Å². The molecule has 1 fully saturated rings. The molecule has 1 amide bonds. The molecule has 6 rings (SSSR count). The molecule has 2 aromatic carbocycles. The highest BCUT2D eigenvalue weighted by atomic mass is 35.5. The van der Waals surface area contributed by atoms with Crippen molar-refractivity contribution in [3.8, 4) is 22.9 Å². The average molecular weight is 598 g/mol. The van der Waals surface area contributed by atoms with Gasteiger partial charge in [-0.05, 0) is 87.8 Å².